The summed E-state index contributed by atoms with van der Waals surface area (Å²) < 4.78 is 7.43. The number of nitrogens with zero attached hydrogens (tertiary/aromatic N) is 6. The number of hydrogen-bond acceptors (Lipinski definition) is 8. The highest BCUT2D eigenvalue weighted by Gasteiger charge is 2.11. The first-order chi connectivity index (χ1) is 17.7. The van der Waals surface area contributed by atoms with Crippen molar-refractivity contribution in [2.75, 3.05) is 50.1 Å². The molecule has 1 aliphatic rings. The van der Waals surface area contributed by atoms with Crippen LogP contribution in [0.4, 0.5) is 11.8 Å². The number of halogens is 1. The average Bonchev–Trinajstić information content (AvgIpc) is 3.34. The van der Waals surface area contributed by atoms with Gasteiger partial charge in [-0.2, -0.15) is 10.1 Å². The van der Waals surface area contributed by atoms with E-state index in [9.17, 15) is 0 Å². The van der Waals surface area contributed by atoms with Crippen molar-refractivity contribution in [3.05, 3.63) is 77.3 Å². The minimum absolute atomic E-state index is 0.425. The van der Waals surface area contributed by atoms with Crippen LogP contribution in [-0.4, -0.2) is 70.0 Å². The third-order valence-corrected chi connectivity index (χ3v) is 6.22. The first-order valence-electron chi connectivity index (χ1n) is 12.1. The lowest BCUT2D eigenvalue weighted by Gasteiger charge is -2.26. The Balaban J connectivity index is 1.23. The van der Waals surface area contributed by atoms with Crippen molar-refractivity contribution < 1.29 is 4.74 Å². The lowest BCUT2D eigenvalue weighted by atomic mass is 10.2. The number of morpholine rings is 1. The molecule has 1 aliphatic heterocycles. The van der Waals surface area contributed by atoms with Gasteiger partial charge >= 0.3 is 0 Å². The fourth-order valence-electron chi connectivity index (χ4n) is 4.16. The van der Waals surface area contributed by atoms with Crippen LogP contribution in [-0.2, 0) is 11.3 Å². The Labute approximate surface area is 215 Å². The topological polar surface area (TPSA) is 92.5 Å². The zero-order valence-electron chi connectivity index (χ0n) is 20.0. The molecule has 1 fully saturated rings. The van der Waals surface area contributed by atoms with Crippen LogP contribution in [0.5, 0.6) is 0 Å². The maximum Gasteiger partial charge on any atom is 0.246 e. The van der Waals surface area contributed by atoms with Gasteiger partial charge in [0.1, 0.15) is 5.82 Å². The van der Waals surface area contributed by atoms with Gasteiger partial charge in [-0.15, -0.1) is 0 Å². The largest absolute Gasteiger partial charge is 0.379 e. The van der Waals surface area contributed by atoms with Gasteiger partial charge in [0.15, 0.2) is 5.82 Å². The molecule has 9 nitrogen and oxygen atoms in total. The summed E-state index contributed by atoms with van der Waals surface area (Å²) in [5, 5.41) is 9.53. The monoisotopic (exact) mass is 504 g/mol. The van der Waals surface area contributed by atoms with Crippen molar-refractivity contribution in [1.29, 1.82) is 0 Å². The van der Waals surface area contributed by atoms with Crippen LogP contribution in [0.2, 0.25) is 5.02 Å². The van der Waals surface area contributed by atoms with E-state index in [2.05, 4.69) is 35.7 Å². The van der Waals surface area contributed by atoms with E-state index in [1.54, 1.807) is 12.4 Å². The van der Waals surface area contributed by atoms with Crippen molar-refractivity contribution in [3.8, 4) is 0 Å². The molecule has 0 bridgehead atoms. The van der Waals surface area contributed by atoms with Crippen LogP contribution in [0.25, 0.3) is 10.9 Å². The van der Waals surface area contributed by atoms with Crippen molar-refractivity contribution in [2.24, 2.45) is 5.10 Å². The van der Waals surface area contributed by atoms with Crippen LogP contribution < -0.4 is 10.7 Å². The minimum Gasteiger partial charge on any atom is -0.379 e. The second kappa shape index (κ2) is 11.9. The van der Waals surface area contributed by atoms with Crippen molar-refractivity contribution in [3.63, 3.8) is 0 Å². The third kappa shape index (κ3) is 6.37. The van der Waals surface area contributed by atoms with Crippen LogP contribution in [0.15, 0.2) is 66.0 Å². The van der Waals surface area contributed by atoms with Crippen molar-refractivity contribution in [2.45, 2.75) is 13.0 Å². The minimum atomic E-state index is 0.425. The molecule has 0 saturated carbocycles. The highest BCUT2D eigenvalue weighted by molar-refractivity contribution is 6.30. The molecule has 3 heterocycles. The molecule has 186 valence electrons. The fraction of sp³-hybridized carbons (Fsp3) is 0.308. The van der Waals surface area contributed by atoms with Gasteiger partial charge in [-0.25, -0.2) is 15.4 Å². The standard InChI is InChI=1S/C26H29ClN8O/c27-21-6-3-5-20(17-21)19-35-12-10-28-24(35)18-30-33-26-31-23-8-2-1-7-22(23)25(32-26)29-9-4-11-34-13-15-36-16-14-34/h1-3,5-8,10,12,17-18H,4,9,11,13-16,19H2,(H2,29,31,32,33)/b30-18+. The number of imidazole rings is 1. The predicted molar refractivity (Wildman–Crippen MR) is 144 cm³/mol. The normalized spacial score (nSPS) is 14.5. The first-order valence-corrected chi connectivity index (χ1v) is 12.5. The summed E-state index contributed by atoms with van der Waals surface area (Å²) in [5.74, 6) is 1.93. The second-order valence-corrected chi connectivity index (χ2v) is 9.00. The molecule has 2 aromatic carbocycles. The average molecular weight is 505 g/mol. The number of ether oxygens (including phenoxy) is 1. The Morgan fingerprint density at radius 3 is 2.86 bits per heavy atom. The SMILES string of the molecule is Clc1cccc(Cn2ccnc2/C=N/Nc2nc(NCCCN3CCOCC3)c3ccccc3n2)c1. The molecule has 0 amide bonds. The summed E-state index contributed by atoms with van der Waals surface area (Å²) in [4.78, 5) is 16.1. The highest BCUT2D eigenvalue weighted by Crippen LogP contribution is 2.22. The number of nitrogens with one attached hydrogen (secondary N) is 2. The van der Waals surface area contributed by atoms with E-state index in [1.807, 2.05) is 59.3 Å². The molecule has 0 atom stereocenters. The lowest BCUT2D eigenvalue weighted by molar-refractivity contribution is 0.0378. The molecule has 10 heteroatoms. The van der Waals surface area contributed by atoms with Gasteiger partial charge in [0.05, 0.1) is 24.9 Å². The molecular weight excluding hydrogens is 476 g/mol. The van der Waals surface area contributed by atoms with Crippen molar-refractivity contribution >= 4 is 40.5 Å². The van der Waals surface area contributed by atoms with Crippen LogP contribution in [0.1, 0.15) is 17.8 Å². The Bertz CT molecular complexity index is 1320. The number of hydrazone groups is 1. The number of aromatic nitrogens is 4. The molecule has 0 radical (unpaired) electrons. The number of anilines is 2. The van der Waals surface area contributed by atoms with Gasteiger partial charge in [-0.05, 0) is 42.8 Å². The Kier molecular flexibility index (Phi) is 8.02. The van der Waals surface area contributed by atoms with Gasteiger partial charge in [0, 0.05) is 49.0 Å². The van der Waals surface area contributed by atoms with E-state index in [1.165, 1.54) is 0 Å². The summed E-state index contributed by atoms with van der Waals surface area (Å²) in [5.41, 5.74) is 4.91. The van der Waals surface area contributed by atoms with Crippen LogP contribution >= 0.6 is 11.6 Å². The van der Waals surface area contributed by atoms with Gasteiger partial charge in [0.2, 0.25) is 5.95 Å². The fourth-order valence-corrected chi connectivity index (χ4v) is 4.37. The second-order valence-electron chi connectivity index (χ2n) is 8.56. The number of rotatable bonds is 10. The molecule has 0 spiro atoms. The predicted octanol–water partition coefficient (Wildman–Crippen LogP) is 4.11. The third-order valence-electron chi connectivity index (χ3n) is 5.98. The Morgan fingerprint density at radius 1 is 1.08 bits per heavy atom. The summed E-state index contributed by atoms with van der Waals surface area (Å²) >= 11 is 6.12. The van der Waals surface area contributed by atoms with E-state index in [-0.39, 0.29) is 0 Å². The van der Waals surface area contributed by atoms with Crippen LogP contribution in [0, 0.1) is 0 Å². The lowest BCUT2D eigenvalue weighted by Crippen LogP contribution is -2.37. The molecule has 1 saturated heterocycles. The van der Waals surface area contributed by atoms with Gasteiger partial charge in [0.25, 0.3) is 0 Å². The smallest absolute Gasteiger partial charge is 0.246 e. The molecule has 0 aliphatic carbocycles. The Morgan fingerprint density at radius 2 is 1.97 bits per heavy atom. The Hall–Kier alpha value is -3.53. The molecule has 2 N–H and O–H groups in total. The zero-order valence-corrected chi connectivity index (χ0v) is 20.7. The van der Waals surface area contributed by atoms with Crippen molar-refractivity contribution in [1.82, 2.24) is 24.4 Å². The number of benzene rings is 2. The first kappa shape index (κ1) is 24.2. The summed E-state index contributed by atoms with van der Waals surface area (Å²) in [6, 6.07) is 15.7. The molecule has 5 rings (SSSR count). The number of para-hydroxylation sites is 1. The maximum atomic E-state index is 6.12. The summed E-state index contributed by atoms with van der Waals surface area (Å²) in [6.45, 7) is 6.14. The molecule has 2 aromatic heterocycles. The van der Waals surface area contributed by atoms with Gasteiger partial charge in [-0.1, -0.05) is 35.9 Å². The maximum absolute atomic E-state index is 6.12. The highest BCUT2D eigenvalue weighted by atomic mass is 35.5. The molecule has 0 unspecified atom stereocenters. The molecular formula is C26H29ClN8O. The molecule has 4 aromatic rings. The zero-order chi connectivity index (χ0) is 24.6. The van der Waals surface area contributed by atoms with E-state index in [4.69, 9.17) is 16.3 Å². The summed E-state index contributed by atoms with van der Waals surface area (Å²) in [6.07, 6.45) is 6.35. The van der Waals surface area contributed by atoms with E-state index < -0.39 is 0 Å². The van der Waals surface area contributed by atoms with Gasteiger partial charge < -0.3 is 14.6 Å². The quantitative estimate of drug-likeness (QED) is 0.191. The van der Waals surface area contributed by atoms with E-state index in [0.29, 0.717) is 23.3 Å². The number of hydrogen-bond donors (Lipinski definition) is 2. The summed E-state index contributed by atoms with van der Waals surface area (Å²) in [7, 11) is 0. The molecule has 36 heavy (non-hydrogen) atoms. The number of fused-ring (bicyclic) bond motifs is 1. The van der Waals surface area contributed by atoms with E-state index in [0.717, 1.165) is 68.1 Å². The van der Waals surface area contributed by atoms with Crippen LogP contribution in [0.3, 0.4) is 0 Å². The van der Waals surface area contributed by atoms with E-state index >= 15 is 0 Å². The van der Waals surface area contributed by atoms with Gasteiger partial charge in [-0.3, -0.25) is 4.90 Å².